The fourth-order valence-electron chi connectivity index (χ4n) is 4.35. The van der Waals surface area contributed by atoms with Crippen molar-refractivity contribution in [3.8, 4) is 0 Å². The Hall–Kier alpha value is -1.16. The zero-order valence-electron chi connectivity index (χ0n) is 11.4. The molecule has 0 spiro atoms. The van der Waals surface area contributed by atoms with Gasteiger partial charge in [-0.2, -0.15) is 0 Å². The van der Waals surface area contributed by atoms with Crippen molar-refractivity contribution < 1.29 is 19.4 Å². The predicted octanol–water partition coefficient (Wildman–Crippen LogP) is 1.61. The first-order valence-corrected chi connectivity index (χ1v) is 6.98. The van der Waals surface area contributed by atoms with Crippen molar-refractivity contribution in [2.24, 2.45) is 17.3 Å². The molecule has 0 bridgehead atoms. The molecule has 3 rings (SSSR count). The quantitative estimate of drug-likeness (QED) is 0.533. The van der Waals surface area contributed by atoms with Crippen LogP contribution in [0.5, 0.6) is 0 Å². The van der Waals surface area contributed by atoms with E-state index in [9.17, 15) is 14.7 Å². The van der Waals surface area contributed by atoms with Crippen LogP contribution < -0.4 is 0 Å². The van der Waals surface area contributed by atoms with Gasteiger partial charge < -0.3 is 9.84 Å². The molecule has 1 saturated heterocycles. The zero-order valence-corrected chi connectivity index (χ0v) is 11.4. The largest absolute Gasteiger partial charge is 0.457 e. The van der Waals surface area contributed by atoms with E-state index in [0.29, 0.717) is 18.4 Å². The molecule has 0 unspecified atom stereocenters. The molecule has 104 valence electrons. The molecule has 1 aliphatic heterocycles. The first-order chi connectivity index (χ1) is 8.82. The van der Waals surface area contributed by atoms with Gasteiger partial charge in [0, 0.05) is 17.9 Å². The molecular weight excluding hydrogens is 244 g/mol. The molecule has 0 aromatic carbocycles. The normalized spacial score (nSPS) is 49.6. The number of Topliss-reactive ketones (excluding diaryl/α,β-unsaturated/α-hetero) is 1. The Balaban J connectivity index is 2.14. The number of ether oxygens (including phenoxy) is 1. The minimum atomic E-state index is -1.06. The number of fused-ring (bicyclic) bond motifs is 3. The van der Waals surface area contributed by atoms with Gasteiger partial charge in [0.2, 0.25) is 0 Å². The monoisotopic (exact) mass is 264 g/mol. The highest BCUT2D eigenvalue weighted by Crippen LogP contribution is 2.58. The smallest absolute Gasteiger partial charge is 0.334 e. The molecule has 19 heavy (non-hydrogen) atoms. The predicted molar refractivity (Wildman–Crippen MR) is 68.2 cm³/mol. The molecule has 4 nitrogen and oxygen atoms in total. The number of esters is 1. The summed E-state index contributed by atoms with van der Waals surface area (Å²) < 4.78 is 5.44. The van der Waals surface area contributed by atoms with Crippen LogP contribution in [-0.4, -0.2) is 28.6 Å². The minimum Gasteiger partial charge on any atom is -0.457 e. The molecule has 0 amide bonds. The van der Waals surface area contributed by atoms with Gasteiger partial charge in [-0.15, -0.1) is 0 Å². The van der Waals surface area contributed by atoms with Crippen LogP contribution in [0.3, 0.4) is 0 Å². The molecular formula is C15H20O4. The van der Waals surface area contributed by atoms with E-state index >= 15 is 0 Å². The van der Waals surface area contributed by atoms with Crippen molar-refractivity contribution in [1.82, 2.24) is 0 Å². The summed E-state index contributed by atoms with van der Waals surface area (Å²) in [6, 6.07) is 0. The minimum absolute atomic E-state index is 0.0150. The summed E-state index contributed by atoms with van der Waals surface area (Å²) >= 11 is 0. The van der Waals surface area contributed by atoms with Crippen LogP contribution in [0.2, 0.25) is 0 Å². The summed E-state index contributed by atoms with van der Waals surface area (Å²) in [5.41, 5.74) is -1.58. The third-order valence-corrected chi connectivity index (χ3v) is 5.82. The molecule has 3 aliphatic rings. The third-order valence-electron chi connectivity index (χ3n) is 5.82. The Morgan fingerprint density at radius 3 is 2.74 bits per heavy atom. The summed E-state index contributed by atoms with van der Waals surface area (Å²) in [5.74, 6) is -0.494. The molecule has 0 aromatic heterocycles. The number of carbonyl (C=O) groups excluding carboxylic acids is 2. The molecule has 2 aliphatic carbocycles. The van der Waals surface area contributed by atoms with E-state index in [1.807, 2.05) is 6.92 Å². The lowest BCUT2D eigenvalue weighted by atomic mass is 9.65. The van der Waals surface area contributed by atoms with E-state index in [1.54, 1.807) is 6.92 Å². The standard InChI is InChI=1S/C15H20O4/c1-8-4-5-10-9(2)13(17)19-12(10)14(3)11(16)6-7-15(8,14)18/h8,10,12,18H,2,4-7H2,1,3H3/t8-,10+,12+,14+,15+/m0/s1. The molecule has 1 N–H and O–H groups in total. The molecule has 5 atom stereocenters. The maximum absolute atomic E-state index is 12.4. The molecule has 1 heterocycles. The number of rotatable bonds is 0. The maximum Gasteiger partial charge on any atom is 0.334 e. The topological polar surface area (TPSA) is 63.6 Å². The molecule has 0 radical (unpaired) electrons. The lowest BCUT2D eigenvalue weighted by molar-refractivity contribution is -0.171. The summed E-state index contributed by atoms with van der Waals surface area (Å²) in [6.07, 6.45) is 1.83. The van der Waals surface area contributed by atoms with Gasteiger partial charge in [-0.1, -0.05) is 13.5 Å². The fraction of sp³-hybridized carbons (Fsp3) is 0.733. The first kappa shape index (κ1) is 12.9. The lowest BCUT2D eigenvalue weighted by Crippen LogP contribution is -2.56. The van der Waals surface area contributed by atoms with Crippen LogP contribution >= 0.6 is 0 Å². The Morgan fingerprint density at radius 2 is 2.05 bits per heavy atom. The van der Waals surface area contributed by atoms with E-state index in [-0.39, 0.29) is 17.6 Å². The van der Waals surface area contributed by atoms with E-state index in [2.05, 4.69) is 6.58 Å². The Morgan fingerprint density at radius 1 is 1.37 bits per heavy atom. The second-order valence-corrected chi connectivity index (χ2v) is 6.49. The van der Waals surface area contributed by atoms with Gasteiger partial charge in [0.05, 0.1) is 11.0 Å². The summed E-state index contributed by atoms with van der Waals surface area (Å²) in [6.45, 7) is 7.57. The van der Waals surface area contributed by atoms with Crippen molar-refractivity contribution in [2.45, 2.75) is 51.2 Å². The van der Waals surface area contributed by atoms with Crippen LogP contribution in [0.4, 0.5) is 0 Å². The maximum atomic E-state index is 12.4. The second-order valence-electron chi connectivity index (χ2n) is 6.49. The highest BCUT2D eigenvalue weighted by atomic mass is 16.6. The van der Waals surface area contributed by atoms with Crippen LogP contribution in [0, 0.1) is 17.3 Å². The first-order valence-electron chi connectivity index (χ1n) is 6.98. The number of hydrogen-bond donors (Lipinski definition) is 1. The number of hydrogen-bond acceptors (Lipinski definition) is 4. The van der Waals surface area contributed by atoms with Crippen LogP contribution in [0.15, 0.2) is 12.2 Å². The third kappa shape index (κ3) is 1.33. The van der Waals surface area contributed by atoms with Gasteiger partial charge in [-0.3, -0.25) is 4.79 Å². The van der Waals surface area contributed by atoms with Gasteiger partial charge in [-0.05, 0) is 32.1 Å². The fourth-order valence-corrected chi connectivity index (χ4v) is 4.35. The molecule has 3 fully saturated rings. The molecule has 4 heteroatoms. The van der Waals surface area contributed by atoms with E-state index in [4.69, 9.17) is 4.74 Å². The average molecular weight is 264 g/mol. The second kappa shape index (κ2) is 3.69. The summed E-state index contributed by atoms with van der Waals surface area (Å²) in [4.78, 5) is 24.2. The van der Waals surface area contributed by atoms with Crippen molar-refractivity contribution in [1.29, 1.82) is 0 Å². The SMILES string of the molecule is C=C1C(=O)O[C@@H]2[C@@H]1CC[C@H](C)[C@]1(O)CCC(=O)[C@]21C. The van der Waals surface area contributed by atoms with Crippen molar-refractivity contribution in [3.63, 3.8) is 0 Å². The van der Waals surface area contributed by atoms with E-state index < -0.39 is 23.1 Å². The van der Waals surface area contributed by atoms with Gasteiger partial charge in [0.1, 0.15) is 11.9 Å². The van der Waals surface area contributed by atoms with Crippen LogP contribution in [-0.2, 0) is 14.3 Å². The Bertz CT molecular complexity index is 483. The number of aliphatic hydroxyl groups is 1. The number of carbonyl (C=O) groups is 2. The summed E-state index contributed by atoms with van der Waals surface area (Å²) in [5, 5.41) is 11.1. The van der Waals surface area contributed by atoms with E-state index in [1.165, 1.54) is 0 Å². The zero-order chi connectivity index (χ0) is 14.0. The van der Waals surface area contributed by atoms with Gasteiger partial charge in [0.25, 0.3) is 0 Å². The highest BCUT2D eigenvalue weighted by molar-refractivity contribution is 5.94. The van der Waals surface area contributed by atoms with E-state index in [0.717, 1.165) is 12.8 Å². The molecule has 2 saturated carbocycles. The van der Waals surface area contributed by atoms with Crippen LogP contribution in [0.1, 0.15) is 39.5 Å². The van der Waals surface area contributed by atoms with Crippen LogP contribution in [0.25, 0.3) is 0 Å². The Kier molecular flexibility index (Phi) is 2.50. The highest BCUT2D eigenvalue weighted by Gasteiger charge is 2.68. The van der Waals surface area contributed by atoms with Crippen molar-refractivity contribution >= 4 is 11.8 Å². The van der Waals surface area contributed by atoms with Gasteiger partial charge >= 0.3 is 5.97 Å². The summed E-state index contributed by atoms with van der Waals surface area (Å²) in [7, 11) is 0. The van der Waals surface area contributed by atoms with Crippen molar-refractivity contribution in [3.05, 3.63) is 12.2 Å². The number of ketones is 1. The lowest BCUT2D eigenvalue weighted by Gasteiger charge is -2.43. The van der Waals surface area contributed by atoms with Gasteiger partial charge in [0.15, 0.2) is 0 Å². The van der Waals surface area contributed by atoms with Crippen molar-refractivity contribution in [2.75, 3.05) is 0 Å². The average Bonchev–Trinajstić information content (AvgIpc) is 2.76. The Labute approximate surface area is 112 Å². The molecule has 0 aromatic rings. The van der Waals surface area contributed by atoms with Gasteiger partial charge in [-0.25, -0.2) is 4.79 Å².